The van der Waals surface area contributed by atoms with Crippen molar-refractivity contribution in [3.63, 3.8) is 0 Å². The summed E-state index contributed by atoms with van der Waals surface area (Å²) in [4.78, 5) is 19.7. The van der Waals surface area contributed by atoms with E-state index in [1.54, 1.807) is 26.0 Å². The molecule has 1 aromatic carbocycles. The van der Waals surface area contributed by atoms with E-state index in [-0.39, 0.29) is 41.2 Å². The number of carbonyl (C=O) groups is 1. The molecule has 0 saturated heterocycles. The van der Waals surface area contributed by atoms with Crippen molar-refractivity contribution in [3.8, 4) is 5.88 Å². The lowest BCUT2D eigenvalue weighted by Gasteiger charge is -2.35. The van der Waals surface area contributed by atoms with Crippen molar-refractivity contribution in [3.05, 3.63) is 53.0 Å². The molecule has 0 bridgehead atoms. The SMILES string of the molecule is CC(C)c1nc(CC(N)C(=O)O)cc(OC(c2ccc(C3CCCCCCCCCCC3(C)N)cc2)C(F)(F)F)n1. The van der Waals surface area contributed by atoms with E-state index in [9.17, 15) is 18.0 Å². The number of aromatic nitrogens is 2. The van der Waals surface area contributed by atoms with Gasteiger partial charge in [-0.05, 0) is 25.3 Å². The van der Waals surface area contributed by atoms with Crippen LogP contribution in [0.5, 0.6) is 5.88 Å². The van der Waals surface area contributed by atoms with E-state index in [1.165, 1.54) is 43.9 Å². The number of aliphatic carboxylic acids is 1. The maximum atomic E-state index is 14.3. The molecule has 0 spiro atoms. The fraction of sp³-hybridized carbons (Fsp3) is 0.645. The fourth-order valence-electron chi connectivity index (χ4n) is 5.54. The summed E-state index contributed by atoms with van der Waals surface area (Å²) in [5, 5.41) is 9.16. The van der Waals surface area contributed by atoms with Gasteiger partial charge in [0.15, 0.2) is 0 Å². The Morgan fingerprint density at radius 2 is 1.63 bits per heavy atom. The van der Waals surface area contributed by atoms with Crippen LogP contribution < -0.4 is 16.2 Å². The zero-order valence-electron chi connectivity index (χ0n) is 24.4. The summed E-state index contributed by atoms with van der Waals surface area (Å²) in [6, 6.07) is 6.39. The zero-order valence-corrected chi connectivity index (χ0v) is 24.4. The number of carboxylic acids is 1. The number of alkyl halides is 3. The molecule has 4 atom stereocenters. The van der Waals surface area contributed by atoms with Gasteiger partial charge in [-0.25, -0.2) is 4.98 Å². The van der Waals surface area contributed by atoms with Crippen LogP contribution in [-0.4, -0.2) is 38.8 Å². The molecular weight excluding hydrogens is 533 g/mol. The van der Waals surface area contributed by atoms with Crippen molar-refractivity contribution in [2.75, 3.05) is 0 Å². The quantitative estimate of drug-likeness (QED) is 0.309. The van der Waals surface area contributed by atoms with Crippen LogP contribution in [-0.2, 0) is 11.2 Å². The average molecular weight is 579 g/mol. The minimum Gasteiger partial charge on any atom is -0.480 e. The first-order valence-corrected chi connectivity index (χ1v) is 14.8. The van der Waals surface area contributed by atoms with Crippen molar-refractivity contribution in [1.29, 1.82) is 0 Å². The highest BCUT2D eigenvalue weighted by atomic mass is 19.4. The normalized spacial score (nSPS) is 22.8. The van der Waals surface area contributed by atoms with Gasteiger partial charge in [0.25, 0.3) is 0 Å². The Hall–Kier alpha value is -2.72. The van der Waals surface area contributed by atoms with Gasteiger partial charge in [-0.2, -0.15) is 18.2 Å². The van der Waals surface area contributed by atoms with Crippen LogP contribution in [0.4, 0.5) is 13.2 Å². The standard InChI is InChI=1S/C31H45F3N4O3/c1-20(2)28-37-23(18-25(35)29(39)40)19-26(38-28)41-27(31(32,33)34)22-15-13-21(14-16-22)24-12-10-8-6-4-5-7-9-11-17-30(24,3)36/h13-16,19-20,24-25,27H,4-12,17-18,35-36H2,1-3H3,(H,39,40). The lowest BCUT2D eigenvalue weighted by molar-refractivity contribution is -0.198. The molecule has 3 rings (SSSR count). The Labute approximate surface area is 241 Å². The summed E-state index contributed by atoms with van der Waals surface area (Å²) in [6.07, 6.45) is 3.88. The third-order valence-corrected chi connectivity index (χ3v) is 7.97. The van der Waals surface area contributed by atoms with Crippen molar-refractivity contribution in [1.82, 2.24) is 9.97 Å². The fourth-order valence-corrected chi connectivity index (χ4v) is 5.54. The summed E-state index contributed by atoms with van der Waals surface area (Å²) in [5.74, 6) is -1.45. The average Bonchev–Trinajstić information content (AvgIpc) is 2.89. The molecular formula is C31H45F3N4O3. The number of nitrogens with zero attached hydrogens (tertiary/aromatic N) is 2. The van der Waals surface area contributed by atoms with E-state index >= 15 is 0 Å². The van der Waals surface area contributed by atoms with Gasteiger partial charge in [0.1, 0.15) is 11.9 Å². The molecule has 0 amide bonds. The van der Waals surface area contributed by atoms with Gasteiger partial charge in [-0.15, -0.1) is 0 Å². The Balaban J connectivity index is 1.89. The van der Waals surface area contributed by atoms with Gasteiger partial charge < -0.3 is 21.3 Å². The van der Waals surface area contributed by atoms with Crippen LogP contribution in [0.2, 0.25) is 0 Å². The van der Waals surface area contributed by atoms with Crippen molar-refractivity contribution in [2.24, 2.45) is 11.5 Å². The number of halogens is 3. The third-order valence-electron chi connectivity index (χ3n) is 7.97. The van der Waals surface area contributed by atoms with Gasteiger partial charge in [0, 0.05) is 35.4 Å². The van der Waals surface area contributed by atoms with E-state index in [0.29, 0.717) is 0 Å². The van der Waals surface area contributed by atoms with Crippen molar-refractivity contribution < 1.29 is 27.8 Å². The first-order valence-electron chi connectivity index (χ1n) is 14.8. The summed E-state index contributed by atoms with van der Waals surface area (Å²) in [5.41, 5.74) is 13.1. The smallest absolute Gasteiger partial charge is 0.429 e. The largest absolute Gasteiger partial charge is 0.480 e. The Morgan fingerprint density at radius 3 is 2.20 bits per heavy atom. The Morgan fingerprint density at radius 1 is 1.05 bits per heavy atom. The Kier molecular flexibility index (Phi) is 11.6. The predicted molar refractivity (Wildman–Crippen MR) is 153 cm³/mol. The molecule has 1 fully saturated rings. The highest BCUT2D eigenvalue weighted by Crippen LogP contribution is 2.40. The number of ether oxygens (including phenoxy) is 1. The van der Waals surface area contributed by atoms with Crippen molar-refractivity contribution >= 4 is 5.97 Å². The second-order valence-corrected chi connectivity index (χ2v) is 12.0. The summed E-state index contributed by atoms with van der Waals surface area (Å²) in [6.45, 7) is 5.63. The molecule has 0 aliphatic heterocycles. The number of hydrogen-bond donors (Lipinski definition) is 3. The highest BCUT2D eigenvalue weighted by Gasteiger charge is 2.44. The maximum absolute atomic E-state index is 14.3. The number of benzene rings is 1. The number of hydrogen-bond acceptors (Lipinski definition) is 6. The van der Waals surface area contributed by atoms with E-state index in [1.807, 2.05) is 0 Å². The molecule has 228 valence electrons. The van der Waals surface area contributed by atoms with E-state index in [2.05, 4.69) is 16.9 Å². The highest BCUT2D eigenvalue weighted by molar-refractivity contribution is 5.73. The molecule has 1 saturated carbocycles. The second-order valence-electron chi connectivity index (χ2n) is 12.0. The minimum absolute atomic E-state index is 0.0395. The molecule has 1 heterocycles. The lowest BCUT2D eigenvalue weighted by Crippen LogP contribution is -2.42. The summed E-state index contributed by atoms with van der Waals surface area (Å²) < 4.78 is 48.4. The molecule has 41 heavy (non-hydrogen) atoms. The molecule has 1 aliphatic carbocycles. The first-order chi connectivity index (χ1) is 19.3. The van der Waals surface area contributed by atoms with E-state index in [0.717, 1.165) is 44.1 Å². The topological polar surface area (TPSA) is 124 Å². The Bertz CT molecular complexity index is 1120. The molecule has 0 radical (unpaired) electrons. The van der Waals surface area contributed by atoms with E-state index < -0.39 is 29.8 Å². The van der Waals surface area contributed by atoms with Gasteiger partial charge in [0.2, 0.25) is 12.0 Å². The molecule has 10 heteroatoms. The van der Waals surface area contributed by atoms with Crippen LogP contribution in [0.1, 0.15) is 126 Å². The van der Waals surface area contributed by atoms with Gasteiger partial charge >= 0.3 is 12.1 Å². The predicted octanol–water partition coefficient (Wildman–Crippen LogP) is 6.95. The van der Waals surface area contributed by atoms with Crippen LogP contribution in [0.15, 0.2) is 30.3 Å². The van der Waals surface area contributed by atoms with Crippen LogP contribution in [0, 0.1) is 0 Å². The molecule has 1 aromatic heterocycles. The van der Waals surface area contributed by atoms with Gasteiger partial charge in [0.05, 0.1) is 5.69 Å². The minimum atomic E-state index is -4.72. The molecule has 5 N–H and O–H groups in total. The van der Waals surface area contributed by atoms with Gasteiger partial charge in [-0.3, -0.25) is 4.79 Å². The summed E-state index contributed by atoms with van der Waals surface area (Å²) in [7, 11) is 0. The lowest BCUT2D eigenvalue weighted by atomic mass is 9.74. The molecule has 2 aromatic rings. The molecule has 4 unspecified atom stereocenters. The van der Waals surface area contributed by atoms with Gasteiger partial charge in [-0.1, -0.05) is 89.5 Å². The zero-order chi connectivity index (χ0) is 30.2. The molecule has 1 aliphatic rings. The number of carboxylic acid groups (broad SMARTS) is 1. The van der Waals surface area contributed by atoms with Crippen LogP contribution in [0.25, 0.3) is 0 Å². The third kappa shape index (κ3) is 9.67. The van der Waals surface area contributed by atoms with Crippen molar-refractivity contribution in [2.45, 2.75) is 127 Å². The molecule has 7 nitrogen and oxygen atoms in total. The monoisotopic (exact) mass is 578 g/mol. The first kappa shape index (κ1) is 32.8. The van der Waals surface area contributed by atoms with Crippen LogP contribution >= 0.6 is 0 Å². The maximum Gasteiger partial charge on any atom is 0.429 e. The second kappa shape index (κ2) is 14.4. The van der Waals surface area contributed by atoms with E-state index in [4.69, 9.17) is 21.3 Å². The van der Waals surface area contributed by atoms with Crippen LogP contribution in [0.3, 0.4) is 0 Å². The number of rotatable bonds is 8. The summed E-state index contributed by atoms with van der Waals surface area (Å²) >= 11 is 0. The number of nitrogens with two attached hydrogens (primary N) is 2.